The van der Waals surface area contributed by atoms with Gasteiger partial charge in [-0.25, -0.2) is 4.57 Å². The molecule has 0 radical (unpaired) electrons. The minimum Gasteiger partial charge on any atom is -0.387 e. The molecule has 0 heterocycles. The van der Waals surface area contributed by atoms with Gasteiger partial charge in [0.2, 0.25) is 5.91 Å². The lowest BCUT2D eigenvalue weighted by molar-refractivity contribution is -0.870. The molecule has 0 saturated carbocycles. The van der Waals surface area contributed by atoms with Gasteiger partial charge in [0.1, 0.15) is 13.2 Å². The molecule has 72 heavy (non-hydrogen) atoms. The van der Waals surface area contributed by atoms with Crippen molar-refractivity contribution in [2.24, 2.45) is 0 Å². The smallest absolute Gasteiger partial charge is 0.387 e. The van der Waals surface area contributed by atoms with E-state index < -0.39 is 20.0 Å². The van der Waals surface area contributed by atoms with Crippen molar-refractivity contribution in [1.29, 1.82) is 0 Å². The van der Waals surface area contributed by atoms with Crippen LogP contribution in [0.4, 0.5) is 0 Å². The number of allylic oxidation sites excluding steroid dienone is 17. The van der Waals surface area contributed by atoms with E-state index in [2.05, 4.69) is 116 Å². The number of amides is 1. The summed E-state index contributed by atoms with van der Waals surface area (Å²) in [4.78, 5) is 23.2. The van der Waals surface area contributed by atoms with Gasteiger partial charge in [-0.05, 0) is 89.9 Å². The van der Waals surface area contributed by atoms with Crippen molar-refractivity contribution in [3.8, 4) is 0 Å². The van der Waals surface area contributed by atoms with E-state index >= 15 is 0 Å². The van der Waals surface area contributed by atoms with Gasteiger partial charge in [0.15, 0.2) is 0 Å². The van der Waals surface area contributed by atoms with Crippen molar-refractivity contribution >= 4 is 13.7 Å². The fourth-order valence-corrected chi connectivity index (χ4v) is 8.66. The molecule has 0 aromatic heterocycles. The summed E-state index contributed by atoms with van der Waals surface area (Å²) in [5.74, 6) is -0.191. The molecular weight excluding hydrogens is 912 g/mol. The Bertz CT molecular complexity index is 1540. The number of likely N-dealkylation sites (N-methyl/N-ethyl adjacent to an activating group) is 1. The predicted molar refractivity (Wildman–Crippen MR) is 313 cm³/mol. The lowest BCUT2D eigenvalue weighted by Crippen LogP contribution is -2.45. The number of carbonyl (C=O) groups excluding carboxylic acids is 1. The number of quaternary nitrogens is 1. The number of carbonyl (C=O) groups is 1. The molecule has 3 unspecified atom stereocenters. The van der Waals surface area contributed by atoms with Crippen LogP contribution in [0.2, 0.25) is 0 Å². The Kier molecular flexibility index (Phi) is 50.9. The molecule has 3 atom stereocenters. The van der Waals surface area contributed by atoms with Crippen LogP contribution in [-0.2, 0) is 18.4 Å². The molecule has 0 aliphatic carbocycles. The molecule has 3 N–H and O–H groups in total. The van der Waals surface area contributed by atoms with Gasteiger partial charge < -0.3 is 19.8 Å². The number of phosphoric ester groups is 1. The van der Waals surface area contributed by atoms with Gasteiger partial charge >= 0.3 is 7.82 Å². The average Bonchev–Trinajstić information content (AvgIpc) is 3.34. The zero-order valence-corrected chi connectivity index (χ0v) is 48.0. The first-order chi connectivity index (χ1) is 35.0. The normalized spacial score (nSPS) is 14.7. The van der Waals surface area contributed by atoms with Crippen LogP contribution in [0.3, 0.4) is 0 Å². The monoisotopic (exact) mass is 1020 g/mol. The Labute approximate surface area is 444 Å². The molecule has 8 nitrogen and oxygen atoms in total. The second-order valence-electron chi connectivity index (χ2n) is 20.6. The number of phosphoric acid groups is 1. The van der Waals surface area contributed by atoms with Crippen LogP contribution >= 0.6 is 7.82 Å². The number of hydrogen-bond acceptors (Lipinski definition) is 5. The van der Waals surface area contributed by atoms with Crippen molar-refractivity contribution in [2.75, 3.05) is 40.9 Å². The van der Waals surface area contributed by atoms with Crippen LogP contribution in [-0.4, -0.2) is 73.4 Å². The van der Waals surface area contributed by atoms with Crippen LogP contribution in [0.1, 0.15) is 232 Å². The molecule has 1 amide bonds. The van der Waals surface area contributed by atoms with Crippen LogP contribution in [0, 0.1) is 0 Å². The van der Waals surface area contributed by atoms with E-state index in [-0.39, 0.29) is 19.1 Å². The molecule has 0 aromatic carbocycles. The fourth-order valence-electron chi connectivity index (χ4n) is 7.92. The summed E-state index contributed by atoms with van der Waals surface area (Å²) in [5.41, 5.74) is 0. The van der Waals surface area contributed by atoms with Crippen molar-refractivity contribution in [1.82, 2.24) is 5.32 Å². The first-order valence-electron chi connectivity index (χ1n) is 29.3. The van der Waals surface area contributed by atoms with Gasteiger partial charge in [-0.3, -0.25) is 13.8 Å². The lowest BCUT2D eigenvalue weighted by atomic mass is 10.0. The summed E-state index contributed by atoms with van der Waals surface area (Å²) in [5, 5.41) is 13.8. The fraction of sp³-hybridized carbons (Fsp3) is 0.698. The summed E-state index contributed by atoms with van der Waals surface area (Å²) in [6.45, 7) is 4.64. The maximum absolute atomic E-state index is 12.9. The Hall–Kier alpha value is -2.84. The molecule has 0 saturated heterocycles. The molecule has 0 rings (SSSR count). The highest BCUT2D eigenvalue weighted by molar-refractivity contribution is 7.47. The second-order valence-corrected chi connectivity index (χ2v) is 22.1. The Morgan fingerprint density at radius 2 is 0.847 bits per heavy atom. The third-order valence-electron chi connectivity index (χ3n) is 12.5. The molecular formula is C63H112N2O6P+. The Balaban J connectivity index is 3.97. The number of nitrogens with zero attached hydrogens (tertiary/aromatic N) is 1. The number of rotatable bonds is 52. The molecule has 0 aliphatic heterocycles. The lowest BCUT2D eigenvalue weighted by Gasteiger charge is -2.25. The van der Waals surface area contributed by atoms with Crippen LogP contribution in [0.5, 0.6) is 0 Å². The van der Waals surface area contributed by atoms with Gasteiger partial charge in [0.25, 0.3) is 0 Å². The summed E-state index contributed by atoms with van der Waals surface area (Å²) in [6, 6.07) is -0.866. The van der Waals surface area contributed by atoms with Crippen LogP contribution in [0.25, 0.3) is 0 Å². The third-order valence-corrected chi connectivity index (χ3v) is 13.5. The third kappa shape index (κ3) is 54.9. The highest BCUT2D eigenvalue weighted by Gasteiger charge is 2.27. The maximum atomic E-state index is 12.9. The Morgan fingerprint density at radius 1 is 0.486 bits per heavy atom. The molecule has 0 bridgehead atoms. The van der Waals surface area contributed by atoms with Gasteiger partial charge in [-0.15, -0.1) is 0 Å². The molecule has 0 spiro atoms. The predicted octanol–water partition coefficient (Wildman–Crippen LogP) is 18.0. The number of aliphatic hydroxyl groups excluding tert-OH is 1. The van der Waals surface area contributed by atoms with E-state index in [0.717, 1.165) is 83.5 Å². The standard InChI is InChI=1S/C63H111N2O6P/c1-6-8-10-12-14-16-18-19-20-21-22-23-24-25-26-27-28-29-30-31-32-33-34-35-36-37-38-39-40-41-42-43-44-45-47-49-51-53-55-57-63(67)64-61(60-71-72(68,69)70-59-58-65(3,4)5)62(66)56-54-52-50-48-46-17-15-13-11-9-7-2/h8,10,14,16,19-20,22-23,25-26,28-29,31-32,46,48,54,56,61-62,66H,6-7,9,11-13,15,17-18,21,24,27,30,33-45,47,49-53,55,57-60H2,1-5H3,(H-,64,67,68,69)/p+1/b10-8-,16-14-,20-19-,23-22-,26-25-,29-28-,32-31-,48-46+,56-54+. The second kappa shape index (κ2) is 53.0. The Morgan fingerprint density at radius 3 is 1.28 bits per heavy atom. The highest BCUT2D eigenvalue weighted by atomic mass is 31.2. The first-order valence-corrected chi connectivity index (χ1v) is 30.8. The first kappa shape index (κ1) is 69.2. The summed E-state index contributed by atoms with van der Waals surface area (Å²) in [7, 11) is 1.55. The maximum Gasteiger partial charge on any atom is 0.472 e. The van der Waals surface area contributed by atoms with Crippen LogP contribution in [0.15, 0.2) is 109 Å². The SMILES string of the molecule is CC/C=C\C/C=C\C/C=C\C/C=C\C/C=C\C/C=C\C/C=C\CCCCCCCCCCCCCCCCCCCC(=O)NC(COP(=O)(O)OCC[N+](C)(C)C)C(O)/C=C/CC/C=C/CCCCCCC. The number of hydrogen-bond donors (Lipinski definition) is 3. The molecule has 414 valence electrons. The van der Waals surface area contributed by atoms with E-state index in [0.29, 0.717) is 17.4 Å². The van der Waals surface area contributed by atoms with Gasteiger partial charge in [-0.2, -0.15) is 0 Å². The van der Waals surface area contributed by atoms with Gasteiger partial charge in [0.05, 0.1) is 39.9 Å². The van der Waals surface area contributed by atoms with E-state index in [1.807, 2.05) is 27.2 Å². The van der Waals surface area contributed by atoms with E-state index in [1.165, 1.54) is 128 Å². The zero-order chi connectivity index (χ0) is 52.7. The van der Waals surface area contributed by atoms with Crippen molar-refractivity contribution in [2.45, 2.75) is 244 Å². The molecule has 0 aliphatic rings. The number of aliphatic hydroxyl groups is 1. The molecule has 0 aromatic rings. The molecule has 9 heteroatoms. The summed E-state index contributed by atoms with van der Waals surface area (Å²) in [6.07, 6.45) is 77.9. The highest BCUT2D eigenvalue weighted by Crippen LogP contribution is 2.43. The topological polar surface area (TPSA) is 105 Å². The minimum atomic E-state index is -4.35. The van der Waals surface area contributed by atoms with E-state index in [4.69, 9.17) is 9.05 Å². The molecule has 0 fully saturated rings. The largest absolute Gasteiger partial charge is 0.472 e. The quantitative estimate of drug-likeness (QED) is 0.0243. The van der Waals surface area contributed by atoms with Gasteiger partial charge in [-0.1, -0.05) is 245 Å². The number of nitrogens with one attached hydrogen (secondary N) is 1. The van der Waals surface area contributed by atoms with Crippen LogP contribution < -0.4 is 5.32 Å². The van der Waals surface area contributed by atoms with Gasteiger partial charge in [0, 0.05) is 6.42 Å². The minimum absolute atomic E-state index is 0.0529. The summed E-state index contributed by atoms with van der Waals surface area (Å²) >= 11 is 0. The summed E-state index contributed by atoms with van der Waals surface area (Å²) < 4.78 is 23.6. The van der Waals surface area contributed by atoms with Crippen molar-refractivity contribution in [3.05, 3.63) is 109 Å². The number of unbranched alkanes of at least 4 members (excludes halogenated alkanes) is 23. The van der Waals surface area contributed by atoms with Crippen molar-refractivity contribution in [3.63, 3.8) is 0 Å². The average molecular weight is 1020 g/mol. The van der Waals surface area contributed by atoms with Crippen molar-refractivity contribution < 1.29 is 32.9 Å². The van der Waals surface area contributed by atoms with E-state index in [1.54, 1.807) is 6.08 Å². The zero-order valence-electron chi connectivity index (χ0n) is 47.1. The van der Waals surface area contributed by atoms with E-state index in [9.17, 15) is 19.4 Å².